The number of hydrogen-bond acceptors (Lipinski definition) is 2. The van der Waals surface area contributed by atoms with Gasteiger partial charge in [0.05, 0.1) is 7.11 Å². The van der Waals surface area contributed by atoms with Crippen molar-refractivity contribution in [2.75, 3.05) is 7.11 Å². The van der Waals surface area contributed by atoms with E-state index in [1.807, 2.05) is 0 Å². The highest BCUT2D eigenvalue weighted by atomic mass is 19.3. The average molecular weight is 152 g/mol. The second-order valence-electron chi connectivity index (χ2n) is 2.04. The van der Waals surface area contributed by atoms with E-state index in [-0.39, 0.29) is 12.8 Å². The molecule has 0 aromatic carbocycles. The van der Waals surface area contributed by atoms with E-state index < -0.39 is 5.92 Å². The minimum Gasteiger partial charge on any atom is -0.471 e. The van der Waals surface area contributed by atoms with Crippen molar-refractivity contribution in [3.63, 3.8) is 0 Å². The quantitative estimate of drug-likeness (QED) is 0.533. The molecule has 0 heterocycles. The molecule has 10 heavy (non-hydrogen) atoms. The fourth-order valence-corrected chi connectivity index (χ4v) is 0.444. The Morgan fingerprint density at radius 1 is 1.50 bits per heavy atom. The van der Waals surface area contributed by atoms with Crippen LogP contribution in [0.5, 0.6) is 0 Å². The van der Waals surface area contributed by atoms with Crippen molar-refractivity contribution in [2.45, 2.75) is 25.2 Å². The highest BCUT2D eigenvalue weighted by Gasteiger charge is 2.36. The van der Waals surface area contributed by atoms with Gasteiger partial charge in [-0.1, -0.05) is 0 Å². The Labute approximate surface area is 58.2 Å². The van der Waals surface area contributed by atoms with Crippen LogP contribution in [0.3, 0.4) is 0 Å². The molecule has 1 saturated carbocycles. The second kappa shape index (κ2) is 4.19. The molecule has 1 aliphatic rings. The molecule has 0 amide bonds. The summed E-state index contributed by atoms with van der Waals surface area (Å²) in [4.78, 5) is 8.95. The lowest BCUT2D eigenvalue weighted by Crippen LogP contribution is -2.24. The van der Waals surface area contributed by atoms with Crippen molar-refractivity contribution in [3.05, 3.63) is 0 Å². The Hall–Kier alpha value is -0.670. The molecule has 0 bridgehead atoms. The van der Waals surface area contributed by atoms with E-state index in [2.05, 4.69) is 4.74 Å². The number of hydrogen-bond donors (Lipinski definition) is 0. The van der Waals surface area contributed by atoms with Gasteiger partial charge < -0.3 is 4.74 Å². The zero-order chi connectivity index (χ0) is 8.04. The molecule has 0 saturated heterocycles. The molecule has 1 aliphatic carbocycles. The fraction of sp³-hybridized carbons (Fsp3) is 0.833. The lowest BCUT2D eigenvalue weighted by Gasteiger charge is -2.23. The summed E-state index contributed by atoms with van der Waals surface area (Å²) in [5.41, 5.74) is 0. The van der Waals surface area contributed by atoms with E-state index >= 15 is 0 Å². The smallest absolute Gasteiger partial charge is 0.292 e. The molecule has 0 aromatic rings. The van der Waals surface area contributed by atoms with Crippen molar-refractivity contribution in [3.8, 4) is 0 Å². The van der Waals surface area contributed by atoms with Gasteiger partial charge in [0.15, 0.2) is 0 Å². The Morgan fingerprint density at radius 2 is 1.80 bits per heavy atom. The number of alkyl halides is 2. The van der Waals surface area contributed by atoms with E-state index in [9.17, 15) is 8.78 Å². The number of ether oxygens (including phenoxy) is 1. The van der Waals surface area contributed by atoms with Crippen LogP contribution in [-0.4, -0.2) is 19.5 Å². The first-order valence-electron chi connectivity index (χ1n) is 2.96. The predicted octanol–water partition coefficient (Wildman–Crippen LogP) is 1.59. The maximum Gasteiger partial charge on any atom is 0.292 e. The maximum atomic E-state index is 11.5. The standard InChI is InChI=1S/C4H6F2.C2H4O2/c5-4(6)2-1-3-4;1-4-2-3/h1-3H2;2H,1H3. The Morgan fingerprint density at radius 3 is 1.80 bits per heavy atom. The monoisotopic (exact) mass is 152 g/mol. The zero-order valence-electron chi connectivity index (χ0n) is 5.77. The highest BCUT2D eigenvalue weighted by Crippen LogP contribution is 2.36. The lowest BCUT2D eigenvalue weighted by molar-refractivity contribution is -0.126. The molecule has 0 atom stereocenters. The van der Waals surface area contributed by atoms with Crippen molar-refractivity contribution in [1.82, 2.24) is 0 Å². The molecule has 1 fully saturated rings. The normalized spacial score (nSPS) is 19.5. The highest BCUT2D eigenvalue weighted by molar-refractivity contribution is 5.36. The van der Waals surface area contributed by atoms with Crippen LogP contribution in [0.25, 0.3) is 0 Å². The summed E-state index contributed by atoms with van der Waals surface area (Å²) in [6.45, 7) is 0.375. The van der Waals surface area contributed by atoms with Gasteiger partial charge in [-0.15, -0.1) is 0 Å². The molecule has 0 spiro atoms. The fourth-order valence-electron chi connectivity index (χ4n) is 0.444. The van der Waals surface area contributed by atoms with Gasteiger partial charge in [-0.3, -0.25) is 4.79 Å². The van der Waals surface area contributed by atoms with Gasteiger partial charge in [0.25, 0.3) is 6.47 Å². The minimum atomic E-state index is -2.28. The molecule has 0 N–H and O–H groups in total. The molecule has 0 radical (unpaired) electrons. The third-order valence-electron chi connectivity index (χ3n) is 1.18. The van der Waals surface area contributed by atoms with Crippen LogP contribution in [0.15, 0.2) is 0 Å². The maximum absolute atomic E-state index is 11.5. The van der Waals surface area contributed by atoms with Gasteiger partial charge in [0.1, 0.15) is 0 Å². The van der Waals surface area contributed by atoms with Gasteiger partial charge >= 0.3 is 0 Å². The zero-order valence-corrected chi connectivity index (χ0v) is 5.77. The van der Waals surface area contributed by atoms with Crippen LogP contribution < -0.4 is 0 Å². The molecule has 0 aromatic heterocycles. The number of halogens is 2. The van der Waals surface area contributed by atoms with Crippen LogP contribution in [0.2, 0.25) is 0 Å². The van der Waals surface area contributed by atoms with Crippen molar-refractivity contribution >= 4 is 6.47 Å². The van der Waals surface area contributed by atoms with Gasteiger partial charge in [-0.05, 0) is 6.42 Å². The van der Waals surface area contributed by atoms with Gasteiger partial charge in [-0.2, -0.15) is 0 Å². The van der Waals surface area contributed by atoms with Crippen LogP contribution in [0.4, 0.5) is 8.78 Å². The number of carbonyl (C=O) groups is 1. The molecule has 4 heteroatoms. The molecular weight excluding hydrogens is 142 g/mol. The first kappa shape index (κ1) is 9.33. The Bertz CT molecular complexity index is 97.9. The predicted molar refractivity (Wildman–Crippen MR) is 31.9 cm³/mol. The Balaban J connectivity index is 0.000000180. The molecule has 2 nitrogen and oxygen atoms in total. The molecule has 1 rings (SSSR count). The first-order valence-corrected chi connectivity index (χ1v) is 2.96. The molecule has 0 aliphatic heterocycles. The van der Waals surface area contributed by atoms with Gasteiger partial charge in [-0.25, -0.2) is 8.78 Å². The minimum absolute atomic E-state index is 0.118. The first-order chi connectivity index (χ1) is 4.62. The van der Waals surface area contributed by atoms with Gasteiger partial charge in [0.2, 0.25) is 5.92 Å². The summed E-state index contributed by atoms with van der Waals surface area (Å²) in [6.07, 6.45) is 0.951. The summed E-state index contributed by atoms with van der Waals surface area (Å²) in [7, 11) is 1.31. The SMILES string of the molecule is COC=O.FC1(F)CCC1. The second-order valence-corrected chi connectivity index (χ2v) is 2.04. The van der Waals surface area contributed by atoms with Crippen molar-refractivity contribution in [1.29, 1.82) is 0 Å². The van der Waals surface area contributed by atoms with E-state index in [4.69, 9.17) is 4.79 Å². The third-order valence-corrected chi connectivity index (χ3v) is 1.18. The topological polar surface area (TPSA) is 26.3 Å². The number of methoxy groups -OCH3 is 1. The summed E-state index contributed by atoms with van der Waals surface area (Å²) in [6, 6.07) is 0. The molecule has 0 unspecified atom stereocenters. The summed E-state index contributed by atoms with van der Waals surface area (Å²) in [5, 5.41) is 0. The molecular formula is C6H10F2O2. The number of carbonyl (C=O) groups excluding carboxylic acids is 1. The van der Waals surface area contributed by atoms with Crippen LogP contribution >= 0.6 is 0 Å². The van der Waals surface area contributed by atoms with Crippen molar-refractivity contribution < 1.29 is 18.3 Å². The van der Waals surface area contributed by atoms with Gasteiger partial charge in [0, 0.05) is 12.8 Å². The van der Waals surface area contributed by atoms with E-state index in [0.29, 0.717) is 12.9 Å². The van der Waals surface area contributed by atoms with Crippen LogP contribution in [0, 0.1) is 0 Å². The van der Waals surface area contributed by atoms with E-state index in [1.54, 1.807) is 0 Å². The third kappa shape index (κ3) is 4.23. The van der Waals surface area contributed by atoms with Crippen molar-refractivity contribution in [2.24, 2.45) is 0 Å². The van der Waals surface area contributed by atoms with E-state index in [0.717, 1.165) is 0 Å². The molecule has 60 valence electrons. The van der Waals surface area contributed by atoms with Crippen LogP contribution in [0.1, 0.15) is 19.3 Å². The number of rotatable bonds is 1. The summed E-state index contributed by atoms with van der Waals surface area (Å²) < 4.78 is 26.9. The summed E-state index contributed by atoms with van der Waals surface area (Å²) >= 11 is 0. The van der Waals surface area contributed by atoms with Crippen LogP contribution in [-0.2, 0) is 9.53 Å². The summed E-state index contributed by atoms with van der Waals surface area (Å²) in [5.74, 6) is -2.28. The van der Waals surface area contributed by atoms with E-state index in [1.165, 1.54) is 7.11 Å². The lowest BCUT2D eigenvalue weighted by atomic mass is 9.95. The average Bonchev–Trinajstić information content (AvgIpc) is 1.86. The Kier molecular flexibility index (Phi) is 3.91. The largest absolute Gasteiger partial charge is 0.471 e.